The molecule has 0 fully saturated rings. The Balaban J connectivity index is 1.94. The molecule has 0 spiro atoms. The third kappa shape index (κ3) is 4.42. The third-order valence-electron chi connectivity index (χ3n) is 5.20. The molecule has 0 saturated carbocycles. The average Bonchev–Trinajstić information content (AvgIpc) is 3.12. The summed E-state index contributed by atoms with van der Waals surface area (Å²) in [7, 11) is 1.58. The maximum atomic E-state index is 13.5. The summed E-state index contributed by atoms with van der Waals surface area (Å²) in [6.45, 7) is 5.39. The quantitative estimate of drug-likeness (QED) is 0.399. The van der Waals surface area contributed by atoms with Crippen LogP contribution in [-0.4, -0.2) is 24.3 Å². The lowest BCUT2D eigenvalue weighted by Gasteiger charge is -2.24. The standard InChI is InChI=1S/C25H21ClN2O4S/c1-4-13-32-24(30)21-15(2)27-25-28(22(21)16-9-11-18(31-3)12-10-16)23(29)20(33-25)14-17-7-5-6-8-19(17)26/h4-12,14,22H,1,13H2,2-3H3/b20-14+/t22-/m1/s1. The molecule has 33 heavy (non-hydrogen) atoms. The molecule has 2 aromatic carbocycles. The molecule has 0 amide bonds. The number of hydrogen-bond acceptors (Lipinski definition) is 6. The van der Waals surface area contributed by atoms with Gasteiger partial charge in [0.1, 0.15) is 12.4 Å². The van der Waals surface area contributed by atoms with Crippen molar-refractivity contribution < 1.29 is 14.3 Å². The van der Waals surface area contributed by atoms with Crippen molar-refractivity contribution in [3.05, 3.63) is 108 Å². The lowest BCUT2D eigenvalue weighted by molar-refractivity contribution is -0.138. The number of carbonyl (C=O) groups excluding carboxylic acids is 1. The lowest BCUT2D eigenvalue weighted by Crippen LogP contribution is -2.39. The molecule has 168 valence electrons. The van der Waals surface area contributed by atoms with E-state index in [9.17, 15) is 9.59 Å². The molecule has 4 rings (SSSR count). The molecule has 3 aromatic rings. The van der Waals surface area contributed by atoms with Gasteiger partial charge in [-0.3, -0.25) is 9.36 Å². The van der Waals surface area contributed by atoms with Crippen molar-refractivity contribution in [3.8, 4) is 5.75 Å². The first kappa shape index (κ1) is 22.8. The Bertz CT molecular complexity index is 1430. The number of carbonyl (C=O) groups is 1. The second kappa shape index (κ2) is 9.60. The third-order valence-corrected chi connectivity index (χ3v) is 6.52. The summed E-state index contributed by atoms with van der Waals surface area (Å²) in [5.74, 6) is 0.124. The fraction of sp³-hybridized carbons (Fsp3) is 0.160. The number of allylic oxidation sites excluding steroid dienone is 1. The number of aromatic nitrogens is 1. The minimum absolute atomic E-state index is 0.0574. The van der Waals surface area contributed by atoms with Crippen molar-refractivity contribution in [1.29, 1.82) is 0 Å². The first-order chi connectivity index (χ1) is 15.9. The molecule has 1 aliphatic rings. The van der Waals surface area contributed by atoms with E-state index >= 15 is 0 Å². The fourth-order valence-corrected chi connectivity index (χ4v) is 4.86. The van der Waals surface area contributed by atoms with Gasteiger partial charge in [-0.2, -0.15) is 0 Å². The minimum atomic E-state index is -0.696. The monoisotopic (exact) mass is 480 g/mol. The van der Waals surface area contributed by atoms with Crippen LogP contribution >= 0.6 is 22.9 Å². The highest BCUT2D eigenvalue weighted by Gasteiger charge is 2.33. The van der Waals surface area contributed by atoms with Gasteiger partial charge in [0.15, 0.2) is 4.80 Å². The SMILES string of the molecule is C=CCOC(=O)C1=C(C)N=c2s/c(=C/c3ccccc3Cl)c(=O)n2[C@@H]1c1ccc(OC)cc1. The second-order valence-corrected chi connectivity index (χ2v) is 8.68. The largest absolute Gasteiger partial charge is 0.497 e. The van der Waals surface area contributed by atoms with Gasteiger partial charge in [0.25, 0.3) is 5.56 Å². The Kier molecular flexibility index (Phi) is 6.62. The molecule has 1 atom stereocenters. The zero-order chi connectivity index (χ0) is 23.5. The maximum Gasteiger partial charge on any atom is 0.338 e. The summed E-state index contributed by atoms with van der Waals surface area (Å²) in [4.78, 5) is 31.6. The Hall–Kier alpha value is -3.42. The predicted molar refractivity (Wildman–Crippen MR) is 129 cm³/mol. The van der Waals surface area contributed by atoms with Crippen LogP contribution in [0.5, 0.6) is 5.75 Å². The number of nitrogens with zero attached hydrogens (tertiary/aromatic N) is 2. The normalized spacial score (nSPS) is 15.6. The average molecular weight is 481 g/mol. The van der Waals surface area contributed by atoms with Gasteiger partial charge in [0, 0.05) is 5.02 Å². The van der Waals surface area contributed by atoms with Crippen LogP contribution in [0.4, 0.5) is 0 Å². The highest BCUT2D eigenvalue weighted by Crippen LogP contribution is 2.31. The number of halogens is 1. The first-order valence-electron chi connectivity index (χ1n) is 10.1. The van der Waals surface area contributed by atoms with Crippen molar-refractivity contribution in [2.45, 2.75) is 13.0 Å². The molecule has 0 saturated heterocycles. The Morgan fingerprint density at radius 2 is 1.97 bits per heavy atom. The minimum Gasteiger partial charge on any atom is -0.497 e. The summed E-state index contributed by atoms with van der Waals surface area (Å²) < 4.78 is 12.6. The number of esters is 1. The van der Waals surface area contributed by atoms with E-state index in [4.69, 9.17) is 21.1 Å². The van der Waals surface area contributed by atoms with Gasteiger partial charge >= 0.3 is 5.97 Å². The van der Waals surface area contributed by atoms with Gasteiger partial charge in [-0.25, -0.2) is 9.79 Å². The lowest BCUT2D eigenvalue weighted by atomic mass is 9.96. The van der Waals surface area contributed by atoms with Crippen LogP contribution in [0.1, 0.15) is 24.1 Å². The molecule has 1 aliphatic heterocycles. The van der Waals surface area contributed by atoms with Crippen LogP contribution in [0.15, 0.2) is 82.2 Å². The second-order valence-electron chi connectivity index (χ2n) is 7.26. The van der Waals surface area contributed by atoms with E-state index in [-0.39, 0.29) is 12.2 Å². The predicted octanol–water partition coefficient (Wildman–Crippen LogP) is 3.63. The highest BCUT2D eigenvalue weighted by molar-refractivity contribution is 7.07. The van der Waals surface area contributed by atoms with Gasteiger partial charge in [0.05, 0.1) is 29.0 Å². The van der Waals surface area contributed by atoms with E-state index in [1.807, 2.05) is 30.3 Å². The molecular weight excluding hydrogens is 460 g/mol. The van der Waals surface area contributed by atoms with Gasteiger partial charge in [-0.1, -0.05) is 65.9 Å². The van der Waals surface area contributed by atoms with Crippen LogP contribution in [0, 0.1) is 0 Å². The summed E-state index contributed by atoms with van der Waals surface area (Å²) >= 11 is 7.54. The number of thiazole rings is 1. The Morgan fingerprint density at radius 3 is 2.64 bits per heavy atom. The first-order valence-corrected chi connectivity index (χ1v) is 11.3. The van der Waals surface area contributed by atoms with Crippen molar-refractivity contribution in [3.63, 3.8) is 0 Å². The number of benzene rings is 2. The van der Waals surface area contributed by atoms with Gasteiger partial charge in [-0.15, -0.1) is 0 Å². The van der Waals surface area contributed by atoms with E-state index in [1.165, 1.54) is 22.0 Å². The molecule has 0 bridgehead atoms. The van der Waals surface area contributed by atoms with E-state index in [2.05, 4.69) is 11.6 Å². The molecule has 6 nitrogen and oxygen atoms in total. The number of ether oxygens (including phenoxy) is 2. The molecule has 0 aliphatic carbocycles. The van der Waals surface area contributed by atoms with E-state index in [0.717, 1.165) is 11.1 Å². The highest BCUT2D eigenvalue weighted by atomic mass is 35.5. The molecule has 0 N–H and O–H groups in total. The number of rotatable bonds is 6. The van der Waals surface area contributed by atoms with E-state index in [0.29, 0.717) is 31.4 Å². The van der Waals surface area contributed by atoms with Gasteiger partial charge in [0.2, 0.25) is 0 Å². The van der Waals surface area contributed by atoms with Crippen LogP contribution in [0.3, 0.4) is 0 Å². The zero-order valence-corrected chi connectivity index (χ0v) is 19.7. The van der Waals surface area contributed by atoms with Crippen LogP contribution in [0.25, 0.3) is 6.08 Å². The van der Waals surface area contributed by atoms with Crippen molar-refractivity contribution in [2.24, 2.45) is 4.99 Å². The molecule has 2 heterocycles. The molecular formula is C25H21ClN2O4S. The molecule has 1 aromatic heterocycles. The fourth-order valence-electron chi connectivity index (χ4n) is 3.63. The van der Waals surface area contributed by atoms with Crippen LogP contribution < -0.4 is 19.6 Å². The van der Waals surface area contributed by atoms with Crippen molar-refractivity contribution >= 4 is 35.0 Å². The molecule has 8 heteroatoms. The number of fused-ring (bicyclic) bond motifs is 1. The zero-order valence-electron chi connectivity index (χ0n) is 18.1. The number of hydrogen-bond donors (Lipinski definition) is 0. The topological polar surface area (TPSA) is 69.9 Å². The van der Waals surface area contributed by atoms with Crippen LogP contribution in [0.2, 0.25) is 5.02 Å². The van der Waals surface area contributed by atoms with Crippen molar-refractivity contribution in [1.82, 2.24) is 4.57 Å². The Labute approximate surface area is 199 Å². The van der Waals surface area contributed by atoms with Crippen molar-refractivity contribution in [2.75, 3.05) is 13.7 Å². The summed E-state index contributed by atoms with van der Waals surface area (Å²) in [5.41, 5.74) is 2.00. The van der Waals surface area contributed by atoms with E-state index in [1.54, 1.807) is 38.3 Å². The van der Waals surface area contributed by atoms with E-state index < -0.39 is 12.0 Å². The summed E-state index contributed by atoms with van der Waals surface area (Å²) in [6.07, 6.45) is 3.24. The van der Waals surface area contributed by atoms with Gasteiger partial charge < -0.3 is 9.47 Å². The van der Waals surface area contributed by atoms with Gasteiger partial charge in [-0.05, 0) is 42.3 Å². The summed E-state index contributed by atoms with van der Waals surface area (Å²) in [6, 6.07) is 13.8. The summed E-state index contributed by atoms with van der Waals surface area (Å²) in [5, 5.41) is 0.542. The molecule has 0 radical (unpaired) electrons. The number of methoxy groups -OCH3 is 1. The maximum absolute atomic E-state index is 13.5. The molecule has 0 unspecified atom stereocenters. The Morgan fingerprint density at radius 1 is 1.24 bits per heavy atom. The van der Waals surface area contributed by atoms with Crippen LogP contribution in [-0.2, 0) is 9.53 Å². The smallest absolute Gasteiger partial charge is 0.338 e.